The van der Waals surface area contributed by atoms with Crippen LogP contribution in [-0.2, 0) is 21.3 Å². The fourth-order valence-corrected chi connectivity index (χ4v) is 5.01. The molecule has 1 atom stereocenters. The van der Waals surface area contributed by atoms with Crippen molar-refractivity contribution >= 4 is 15.9 Å². The van der Waals surface area contributed by atoms with Gasteiger partial charge in [-0.1, -0.05) is 0 Å². The highest BCUT2D eigenvalue weighted by molar-refractivity contribution is 7.89. The van der Waals surface area contributed by atoms with E-state index in [1.54, 1.807) is 24.1 Å². The number of aromatic nitrogens is 3. The molecule has 2 aromatic heterocycles. The first-order valence-corrected chi connectivity index (χ1v) is 10.3. The minimum absolute atomic E-state index is 0.144. The Morgan fingerprint density at radius 2 is 2.00 bits per heavy atom. The predicted octanol–water partition coefficient (Wildman–Crippen LogP) is 0.516. The van der Waals surface area contributed by atoms with Crippen molar-refractivity contribution in [2.24, 2.45) is 0 Å². The van der Waals surface area contributed by atoms with Crippen LogP contribution in [0.25, 0.3) is 0 Å². The molecule has 27 heavy (non-hydrogen) atoms. The second kappa shape index (κ2) is 7.02. The van der Waals surface area contributed by atoms with E-state index in [1.807, 2.05) is 4.57 Å². The summed E-state index contributed by atoms with van der Waals surface area (Å²) in [6, 6.07) is 2.65. The number of hydrogen-bond acceptors (Lipinski definition) is 6. The molecule has 9 nitrogen and oxygen atoms in total. The van der Waals surface area contributed by atoms with Crippen LogP contribution in [0.15, 0.2) is 35.6 Å². The number of morpholine rings is 1. The van der Waals surface area contributed by atoms with E-state index in [4.69, 9.17) is 4.74 Å². The van der Waals surface area contributed by atoms with Crippen molar-refractivity contribution in [1.29, 1.82) is 0 Å². The van der Waals surface area contributed by atoms with Gasteiger partial charge in [-0.2, -0.15) is 4.31 Å². The Kier molecular flexibility index (Phi) is 4.70. The standard InChI is InChI=1S/C17H21N5O4S/c1-13-16-19-15(17(23)20-7-9-26-10-8-20)12-21(16)5-6-22(13)27(24,25)14-3-2-4-18-11-14/h2-4,11-13H,5-10H2,1H3/t13-/m1/s1. The molecule has 0 saturated carbocycles. The van der Waals surface area contributed by atoms with Crippen LogP contribution in [0, 0.1) is 0 Å². The number of pyridine rings is 1. The topological polar surface area (TPSA) is 97.6 Å². The van der Waals surface area contributed by atoms with Gasteiger partial charge in [0.15, 0.2) is 0 Å². The smallest absolute Gasteiger partial charge is 0.274 e. The Labute approximate surface area is 157 Å². The molecule has 1 amide bonds. The van der Waals surface area contributed by atoms with E-state index >= 15 is 0 Å². The molecule has 1 fully saturated rings. The third-order valence-electron chi connectivity index (χ3n) is 4.93. The molecular weight excluding hydrogens is 370 g/mol. The number of carbonyl (C=O) groups excluding carboxylic acids is 1. The van der Waals surface area contributed by atoms with Crippen LogP contribution in [0.4, 0.5) is 0 Å². The number of fused-ring (bicyclic) bond motifs is 1. The fraction of sp³-hybridized carbons (Fsp3) is 0.471. The monoisotopic (exact) mass is 391 g/mol. The van der Waals surface area contributed by atoms with Gasteiger partial charge in [0, 0.05) is 44.8 Å². The minimum Gasteiger partial charge on any atom is -0.378 e. The van der Waals surface area contributed by atoms with E-state index in [0.717, 1.165) is 0 Å². The predicted molar refractivity (Wildman–Crippen MR) is 95.5 cm³/mol. The quantitative estimate of drug-likeness (QED) is 0.756. The molecule has 10 heteroatoms. The van der Waals surface area contributed by atoms with Gasteiger partial charge >= 0.3 is 0 Å². The molecule has 4 heterocycles. The molecule has 2 aliphatic heterocycles. The van der Waals surface area contributed by atoms with Gasteiger partial charge in [0.25, 0.3) is 5.91 Å². The van der Waals surface area contributed by atoms with Crippen molar-refractivity contribution in [3.8, 4) is 0 Å². The van der Waals surface area contributed by atoms with Crippen molar-refractivity contribution in [1.82, 2.24) is 23.7 Å². The summed E-state index contributed by atoms with van der Waals surface area (Å²) in [4.78, 5) is 22.9. The first kappa shape index (κ1) is 18.1. The summed E-state index contributed by atoms with van der Waals surface area (Å²) in [6.45, 7) is 4.67. The zero-order chi connectivity index (χ0) is 19.0. The lowest BCUT2D eigenvalue weighted by atomic mass is 10.2. The molecule has 2 aliphatic rings. The van der Waals surface area contributed by atoms with Crippen molar-refractivity contribution in [2.45, 2.75) is 24.4 Å². The third kappa shape index (κ3) is 3.24. The van der Waals surface area contributed by atoms with Crippen molar-refractivity contribution in [2.75, 3.05) is 32.8 Å². The number of rotatable bonds is 3. The van der Waals surface area contributed by atoms with Gasteiger partial charge < -0.3 is 14.2 Å². The molecule has 0 bridgehead atoms. The Balaban J connectivity index is 1.60. The van der Waals surface area contributed by atoms with Crippen LogP contribution in [0.2, 0.25) is 0 Å². The zero-order valence-electron chi connectivity index (χ0n) is 15.0. The van der Waals surface area contributed by atoms with Gasteiger partial charge in [-0.25, -0.2) is 13.4 Å². The number of ether oxygens (including phenoxy) is 1. The summed E-state index contributed by atoms with van der Waals surface area (Å²) >= 11 is 0. The maximum absolute atomic E-state index is 13.0. The largest absolute Gasteiger partial charge is 0.378 e. The van der Waals surface area contributed by atoms with Crippen LogP contribution in [-0.4, -0.2) is 70.9 Å². The third-order valence-corrected chi connectivity index (χ3v) is 6.89. The summed E-state index contributed by atoms with van der Waals surface area (Å²) in [5.74, 6) is 0.430. The molecule has 0 radical (unpaired) electrons. The maximum atomic E-state index is 13.0. The van der Waals surface area contributed by atoms with Crippen LogP contribution in [0.1, 0.15) is 29.3 Å². The van der Waals surface area contributed by atoms with E-state index in [9.17, 15) is 13.2 Å². The van der Waals surface area contributed by atoms with E-state index in [1.165, 1.54) is 22.8 Å². The fourth-order valence-electron chi connectivity index (χ4n) is 3.47. The van der Waals surface area contributed by atoms with E-state index < -0.39 is 16.1 Å². The number of carbonyl (C=O) groups is 1. The zero-order valence-corrected chi connectivity index (χ0v) is 15.8. The summed E-state index contributed by atoms with van der Waals surface area (Å²) in [5.41, 5.74) is 0.347. The Bertz CT molecular complexity index is 937. The van der Waals surface area contributed by atoms with Gasteiger partial charge in [0.2, 0.25) is 10.0 Å². The van der Waals surface area contributed by atoms with Crippen molar-refractivity contribution in [3.05, 3.63) is 42.2 Å². The minimum atomic E-state index is -3.68. The highest BCUT2D eigenvalue weighted by atomic mass is 32.2. The average molecular weight is 391 g/mol. The summed E-state index contributed by atoms with van der Waals surface area (Å²) in [6.07, 6.45) is 4.60. The number of nitrogens with zero attached hydrogens (tertiary/aromatic N) is 5. The molecular formula is C17H21N5O4S. The molecule has 144 valence electrons. The first-order chi connectivity index (χ1) is 13.0. The number of amides is 1. The number of imidazole rings is 1. The lowest BCUT2D eigenvalue weighted by Crippen LogP contribution is -2.41. The lowest BCUT2D eigenvalue weighted by molar-refractivity contribution is 0.0299. The second-order valence-electron chi connectivity index (χ2n) is 6.56. The van der Waals surface area contributed by atoms with Gasteiger partial charge in [0.1, 0.15) is 16.4 Å². The normalized spacial score (nSPS) is 21.1. The second-order valence-corrected chi connectivity index (χ2v) is 8.45. The van der Waals surface area contributed by atoms with E-state index in [-0.39, 0.29) is 10.8 Å². The first-order valence-electron chi connectivity index (χ1n) is 8.84. The molecule has 0 N–H and O–H groups in total. The molecule has 0 aliphatic carbocycles. The molecule has 4 rings (SSSR count). The molecule has 2 aromatic rings. The van der Waals surface area contributed by atoms with Crippen LogP contribution in [0.3, 0.4) is 0 Å². The number of hydrogen-bond donors (Lipinski definition) is 0. The van der Waals surface area contributed by atoms with Gasteiger partial charge in [-0.3, -0.25) is 9.78 Å². The van der Waals surface area contributed by atoms with Crippen LogP contribution < -0.4 is 0 Å². The highest BCUT2D eigenvalue weighted by Gasteiger charge is 2.36. The lowest BCUT2D eigenvalue weighted by Gasteiger charge is -2.32. The summed E-state index contributed by atoms with van der Waals surface area (Å²) in [7, 11) is -3.68. The Morgan fingerprint density at radius 3 is 2.70 bits per heavy atom. The van der Waals surface area contributed by atoms with Crippen molar-refractivity contribution < 1.29 is 17.9 Å². The average Bonchev–Trinajstić information content (AvgIpc) is 3.14. The number of sulfonamides is 1. The maximum Gasteiger partial charge on any atom is 0.274 e. The van der Waals surface area contributed by atoms with Gasteiger partial charge in [-0.15, -0.1) is 0 Å². The SMILES string of the molecule is C[C@@H]1c2nc(C(=O)N3CCOCC3)cn2CCN1S(=O)(=O)c1cccnc1. The van der Waals surface area contributed by atoms with Gasteiger partial charge in [0.05, 0.1) is 19.3 Å². The summed E-state index contributed by atoms with van der Waals surface area (Å²) < 4.78 is 34.5. The van der Waals surface area contributed by atoms with Gasteiger partial charge in [-0.05, 0) is 19.1 Å². The molecule has 0 spiro atoms. The molecule has 0 unspecified atom stereocenters. The van der Waals surface area contributed by atoms with E-state index in [2.05, 4.69) is 9.97 Å². The highest BCUT2D eigenvalue weighted by Crippen LogP contribution is 2.30. The Morgan fingerprint density at radius 1 is 1.22 bits per heavy atom. The van der Waals surface area contributed by atoms with Crippen LogP contribution in [0.5, 0.6) is 0 Å². The van der Waals surface area contributed by atoms with E-state index in [0.29, 0.717) is 50.9 Å². The molecule has 0 aromatic carbocycles. The van der Waals surface area contributed by atoms with Crippen LogP contribution >= 0.6 is 0 Å². The molecule has 1 saturated heterocycles. The Hall–Kier alpha value is -2.30. The van der Waals surface area contributed by atoms with Crippen molar-refractivity contribution in [3.63, 3.8) is 0 Å². The summed E-state index contributed by atoms with van der Waals surface area (Å²) in [5, 5.41) is 0.